The highest BCUT2D eigenvalue weighted by molar-refractivity contribution is 4.69. The number of hydrogen-bond donors (Lipinski definition) is 2. The van der Waals surface area contributed by atoms with Crippen molar-refractivity contribution in [3.05, 3.63) is 0 Å². The Bertz CT molecular complexity index is 125. The van der Waals surface area contributed by atoms with Crippen molar-refractivity contribution < 1.29 is 19.7 Å². The van der Waals surface area contributed by atoms with Crippen LogP contribution in [0, 0.1) is 0 Å². The standard InChI is InChI=1S/C9H20O4/c1-4-12-8(2)13-6-5-9(3,11)7-10/h8,10-11H,4-7H2,1-3H3. The van der Waals surface area contributed by atoms with Gasteiger partial charge in [0.05, 0.1) is 18.8 Å². The van der Waals surface area contributed by atoms with Crippen LogP contribution < -0.4 is 0 Å². The molecule has 0 aromatic rings. The molecule has 2 unspecified atom stereocenters. The van der Waals surface area contributed by atoms with E-state index >= 15 is 0 Å². The molecule has 13 heavy (non-hydrogen) atoms. The molecule has 2 atom stereocenters. The van der Waals surface area contributed by atoms with Gasteiger partial charge in [-0.3, -0.25) is 0 Å². The Balaban J connectivity index is 3.44. The molecule has 0 aromatic carbocycles. The van der Waals surface area contributed by atoms with Crippen molar-refractivity contribution in [2.24, 2.45) is 0 Å². The van der Waals surface area contributed by atoms with E-state index in [0.29, 0.717) is 19.6 Å². The number of aliphatic hydroxyl groups excluding tert-OH is 1. The van der Waals surface area contributed by atoms with E-state index in [-0.39, 0.29) is 12.9 Å². The molecular weight excluding hydrogens is 172 g/mol. The van der Waals surface area contributed by atoms with Crippen LogP contribution in [0.4, 0.5) is 0 Å². The van der Waals surface area contributed by atoms with Gasteiger partial charge in [-0.25, -0.2) is 0 Å². The molecule has 2 N–H and O–H groups in total. The van der Waals surface area contributed by atoms with Crippen LogP contribution in [0.25, 0.3) is 0 Å². The quantitative estimate of drug-likeness (QED) is 0.577. The first-order valence-electron chi connectivity index (χ1n) is 4.58. The number of rotatable bonds is 7. The van der Waals surface area contributed by atoms with Crippen LogP contribution in [0.15, 0.2) is 0 Å². The van der Waals surface area contributed by atoms with E-state index in [2.05, 4.69) is 0 Å². The Kier molecular flexibility index (Phi) is 6.24. The second kappa shape index (κ2) is 6.32. The molecule has 4 heteroatoms. The lowest BCUT2D eigenvalue weighted by atomic mass is 10.1. The van der Waals surface area contributed by atoms with E-state index < -0.39 is 5.60 Å². The zero-order chi connectivity index (χ0) is 10.3. The van der Waals surface area contributed by atoms with Crippen LogP contribution in [0.1, 0.15) is 27.2 Å². The smallest absolute Gasteiger partial charge is 0.154 e. The lowest BCUT2D eigenvalue weighted by Gasteiger charge is -2.21. The van der Waals surface area contributed by atoms with Crippen molar-refractivity contribution in [3.8, 4) is 0 Å². The van der Waals surface area contributed by atoms with Gasteiger partial charge in [-0.05, 0) is 20.8 Å². The summed E-state index contributed by atoms with van der Waals surface area (Å²) in [7, 11) is 0. The molecule has 0 aliphatic heterocycles. The highest BCUT2D eigenvalue weighted by Crippen LogP contribution is 2.08. The summed E-state index contributed by atoms with van der Waals surface area (Å²) in [6, 6.07) is 0. The summed E-state index contributed by atoms with van der Waals surface area (Å²) in [5, 5.41) is 18.1. The van der Waals surface area contributed by atoms with Crippen LogP contribution >= 0.6 is 0 Å². The van der Waals surface area contributed by atoms with E-state index in [1.807, 2.05) is 6.92 Å². The second-order valence-electron chi connectivity index (χ2n) is 3.30. The zero-order valence-corrected chi connectivity index (χ0v) is 8.62. The van der Waals surface area contributed by atoms with Crippen LogP contribution in [0.5, 0.6) is 0 Å². The predicted octanol–water partition coefficient (Wildman–Crippen LogP) is 0.519. The van der Waals surface area contributed by atoms with Gasteiger partial charge in [-0.15, -0.1) is 0 Å². The van der Waals surface area contributed by atoms with Gasteiger partial charge < -0.3 is 19.7 Å². The molecular formula is C9H20O4. The van der Waals surface area contributed by atoms with E-state index in [4.69, 9.17) is 14.6 Å². The first-order chi connectivity index (χ1) is 6.02. The average Bonchev–Trinajstić information content (AvgIpc) is 2.05. The summed E-state index contributed by atoms with van der Waals surface area (Å²) in [6.45, 7) is 6.01. The normalized spacial score (nSPS) is 18.2. The molecule has 0 aliphatic rings. The molecule has 0 heterocycles. The largest absolute Gasteiger partial charge is 0.393 e. The molecule has 80 valence electrons. The summed E-state index contributed by atoms with van der Waals surface area (Å²) in [5.74, 6) is 0. The highest BCUT2D eigenvalue weighted by atomic mass is 16.7. The van der Waals surface area contributed by atoms with E-state index in [9.17, 15) is 5.11 Å². The molecule has 0 radical (unpaired) electrons. The molecule has 0 aliphatic carbocycles. The third-order valence-electron chi connectivity index (χ3n) is 1.74. The monoisotopic (exact) mass is 192 g/mol. The summed E-state index contributed by atoms with van der Waals surface area (Å²) in [5.41, 5.74) is -1.05. The third kappa shape index (κ3) is 6.95. The topological polar surface area (TPSA) is 58.9 Å². The molecule has 0 saturated carbocycles. The lowest BCUT2D eigenvalue weighted by molar-refractivity contribution is -0.138. The average molecular weight is 192 g/mol. The fourth-order valence-electron chi connectivity index (χ4n) is 0.807. The minimum Gasteiger partial charge on any atom is -0.393 e. The third-order valence-corrected chi connectivity index (χ3v) is 1.74. The second-order valence-corrected chi connectivity index (χ2v) is 3.30. The van der Waals surface area contributed by atoms with Crippen LogP contribution in [-0.4, -0.2) is 41.9 Å². The Labute approximate surface area is 79.5 Å². The van der Waals surface area contributed by atoms with Crippen molar-refractivity contribution in [3.63, 3.8) is 0 Å². The number of ether oxygens (including phenoxy) is 2. The Morgan fingerprint density at radius 3 is 2.46 bits per heavy atom. The van der Waals surface area contributed by atoms with Gasteiger partial charge in [0.1, 0.15) is 0 Å². The van der Waals surface area contributed by atoms with Gasteiger partial charge in [0.25, 0.3) is 0 Å². The highest BCUT2D eigenvalue weighted by Gasteiger charge is 2.18. The lowest BCUT2D eigenvalue weighted by Crippen LogP contribution is -2.31. The molecule has 0 rings (SSSR count). The van der Waals surface area contributed by atoms with Gasteiger partial charge >= 0.3 is 0 Å². The van der Waals surface area contributed by atoms with Gasteiger partial charge in [0, 0.05) is 13.0 Å². The summed E-state index contributed by atoms with van der Waals surface area (Å²) >= 11 is 0. The molecule has 0 spiro atoms. The van der Waals surface area contributed by atoms with Crippen molar-refractivity contribution in [1.82, 2.24) is 0 Å². The maximum atomic E-state index is 9.40. The maximum absolute atomic E-state index is 9.40. The van der Waals surface area contributed by atoms with Gasteiger partial charge in [-0.2, -0.15) is 0 Å². The van der Waals surface area contributed by atoms with Crippen molar-refractivity contribution >= 4 is 0 Å². The number of aliphatic hydroxyl groups is 2. The Morgan fingerprint density at radius 2 is 2.00 bits per heavy atom. The summed E-state index contributed by atoms with van der Waals surface area (Å²) in [4.78, 5) is 0. The van der Waals surface area contributed by atoms with Crippen molar-refractivity contribution in [2.75, 3.05) is 19.8 Å². The van der Waals surface area contributed by atoms with Crippen LogP contribution in [0.3, 0.4) is 0 Å². The van der Waals surface area contributed by atoms with E-state index in [0.717, 1.165) is 0 Å². The first kappa shape index (κ1) is 12.8. The molecule has 0 saturated heterocycles. The number of hydrogen-bond acceptors (Lipinski definition) is 4. The van der Waals surface area contributed by atoms with Crippen LogP contribution in [0.2, 0.25) is 0 Å². The molecule has 0 bridgehead atoms. The minimum atomic E-state index is -1.05. The molecule has 4 nitrogen and oxygen atoms in total. The van der Waals surface area contributed by atoms with E-state index in [1.54, 1.807) is 13.8 Å². The zero-order valence-electron chi connectivity index (χ0n) is 8.62. The molecule has 0 aromatic heterocycles. The van der Waals surface area contributed by atoms with Gasteiger partial charge in [-0.1, -0.05) is 0 Å². The van der Waals surface area contributed by atoms with Gasteiger partial charge in [0.15, 0.2) is 6.29 Å². The van der Waals surface area contributed by atoms with Crippen molar-refractivity contribution in [1.29, 1.82) is 0 Å². The fraction of sp³-hybridized carbons (Fsp3) is 1.00. The van der Waals surface area contributed by atoms with Crippen molar-refractivity contribution in [2.45, 2.75) is 39.1 Å². The Hall–Kier alpha value is -0.160. The molecule has 0 amide bonds. The minimum absolute atomic E-state index is 0.250. The van der Waals surface area contributed by atoms with Gasteiger partial charge in [0.2, 0.25) is 0 Å². The molecule has 0 fully saturated rings. The fourth-order valence-corrected chi connectivity index (χ4v) is 0.807. The predicted molar refractivity (Wildman–Crippen MR) is 49.4 cm³/mol. The van der Waals surface area contributed by atoms with E-state index in [1.165, 1.54) is 0 Å². The summed E-state index contributed by atoms with van der Waals surface area (Å²) < 4.78 is 10.4. The Morgan fingerprint density at radius 1 is 1.38 bits per heavy atom. The summed E-state index contributed by atoms with van der Waals surface area (Å²) in [6.07, 6.45) is 0.153. The maximum Gasteiger partial charge on any atom is 0.154 e. The van der Waals surface area contributed by atoms with Crippen LogP contribution in [-0.2, 0) is 9.47 Å². The SMILES string of the molecule is CCOC(C)OCCC(C)(O)CO. The first-order valence-corrected chi connectivity index (χ1v) is 4.58.